The van der Waals surface area contributed by atoms with Gasteiger partial charge in [-0.05, 0) is 26.7 Å². The Bertz CT molecular complexity index is 301. The van der Waals surface area contributed by atoms with Crippen molar-refractivity contribution in [1.29, 1.82) is 0 Å². The van der Waals surface area contributed by atoms with Gasteiger partial charge in [0.1, 0.15) is 0 Å². The first kappa shape index (κ1) is 24.2. The summed E-state index contributed by atoms with van der Waals surface area (Å²) in [6, 6.07) is 0.427. The fourth-order valence-corrected chi connectivity index (χ4v) is 2.73. The second-order valence-corrected chi connectivity index (χ2v) is 5.84. The Hall–Kier alpha value is -0.0700. The number of hydrogen-bond donors (Lipinski definition) is 2. The van der Waals surface area contributed by atoms with E-state index in [-0.39, 0.29) is 36.8 Å². The lowest BCUT2D eigenvalue weighted by Crippen LogP contribution is -2.55. The molecule has 5 nitrogen and oxygen atoms in total. The van der Waals surface area contributed by atoms with E-state index < -0.39 is 5.41 Å². The van der Waals surface area contributed by atoms with Crippen LogP contribution in [0.5, 0.6) is 0 Å². The zero-order valence-corrected chi connectivity index (χ0v) is 15.9. The first-order valence-electron chi connectivity index (χ1n) is 7.83. The maximum absolute atomic E-state index is 12.5. The zero-order valence-electron chi connectivity index (χ0n) is 14.3. The van der Waals surface area contributed by atoms with Gasteiger partial charge in [0.25, 0.3) is 0 Å². The average molecular weight is 358 g/mol. The number of morpholine rings is 1. The number of nitrogens with zero attached hydrogens (tertiary/aromatic N) is 1. The molecule has 2 unspecified atom stereocenters. The van der Waals surface area contributed by atoms with Crippen LogP contribution in [-0.4, -0.2) is 55.7 Å². The predicted octanol–water partition coefficient (Wildman–Crippen LogP) is 1.82. The molecule has 1 saturated heterocycles. The van der Waals surface area contributed by atoms with Crippen LogP contribution in [0.4, 0.5) is 0 Å². The third kappa shape index (κ3) is 5.85. The lowest BCUT2D eigenvalue weighted by molar-refractivity contribution is -0.132. The van der Waals surface area contributed by atoms with Crippen molar-refractivity contribution in [3.05, 3.63) is 0 Å². The van der Waals surface area contributed by atoms with Gasteiger partial charge in [-0.2, -0.15) is 0 Å². The van der Waals surface area contributed by atoms with Gasteiger partial charge < -0.3 is 15.8 Å². The van der Waals surface area contributed by atoms with Gasteiger partial charge in [0.2, 0.25) is 5.91 Å². The molecule has 3 N–H and O–H groups in total. The number of carbonyl (C=O) groups excluding carboxylic acids is 1. The van der Waals surface area contributed by atoms with Crippen LogP contribution in [0, 0.1) is 5.41 Å². The van der Waals surface area contributed by atoms with E-state index in [9.17, 15) is 4.79 Å². The van der Waals surface area contributed by atoms with Gasteiger partial charge in [0.05, 0.1) is 18.6 Å². The van der Waals surface area contributed by atoms with E-state index in [2.05, 4.69) is 24.1 Å². The molecule has 2 atom stereocenters. The van der Waals surface area contributed by atoms with Crippen LogP contribution >= 0.6 is 24.8 Å². The topological polar surface area (TPSA) is 67.6 Å². The summed E-state index contributed by atoms with van der Waals surface area (Å²) in [5.74, 6) is 0.0950. The Morgan fingerprint density at radius 3 is 2.14 bits per heavy atom. The molecule has 0 saturated carbocycles. The van der Waals surface area contributed by atoms with E-state index in [1.54, 1.807) is 0 Å². The standard InChI is InChI=1S/C15H31N3O2.2ClH/c1-5-15(6-2,11-16)14(19)17-12(3)13(4)18-7-9-20-10-8-18;;/h12-13H,5-11,16H2,1-4H3,(H,17,19);2*1H. The molecule has 134 valence electrons. The third-order valence-electron chi connectivity index (χ3n) is 4.93. The zero-order chi connectivity index (χ0) is 15.2. The van der Waals surface area contributed by atoms with Gasteiger partial charge in [-0.15, -0.1) is 24.8 Å². The largest absolute Gasteiger partial charge is 0.379 e. The molecule has 1 aliphatic heterocycles. The minimum absolute atomic E-state index is 0. The van der Waals surface area contributed by atoms with Gasteiger partial charge in [-0.1, -0.05) is 13.8 Å². The highest BCUT2D eigenvalue weighted by Crippen LogP contribution is 2.25. The summed E-state index contributed by atoms with van der Waals surface area (Å²) in [6.07, 6.45) is 1.56. The first-order chi connectivity index (χ1) is 9.50. The van der Waals surface area contributed by atoms with Crippen LogP contribution in [-0.2, 0) is 9.53 Å². The summed E-state index contributed by atoms with van der Waals surface area (Å²) in [4.78, 5) is 14.9. The van der Waals surface area contributed by atoms with Crippen molar-refractivity contribution in [3.8, 4) is 0 Å². The molecule has 0 radical (unpaired) electrons. The Kier molecular flexibility index (Phi) is 12.6. The quantitative estimate of drug-likeness (QED) is 0.729. The van der Waals surface area contributed by atoms with Gasteiger partial charge >= 0.3 is 0 Å². The second kappa shape index (κ2) is 11.5. The predicted molar refractivity (Wildman–Crippen MR) is 96.0 cm³/mol. The lowest BCUT2D eigenvalue weighted by Gasteiger charge is -2.37. The number of hydrogen-bond acceptors (Lipinski definition) is 4. The van der Waals surface area contributed by atoms with E-state index in [4.69, 9.17) is 10.5 Å². The van der Waals surface area contributed by atoms with Crippen LogP contribution in [0.1, 0.15) is 40.5 Å². The van der Waals surface area contributed by atoms with Crippen molar-refractivity contribution in [2.45, 2.75) is 52.6 Å². The van der Waals surface area contributed by atoms with Gasteiger partial charge in [-0.25, -0.2) is 0 Å². The first-order valence-corrected chi connectivity index (χ1v) is 7.83. The molecule has 7 heteroatoms. The van der Waals surface area contributed by atoms with Crippen molar-refractivity contribution in [3.63, 3.8) is 0 Å². The second-order valence-electron chi connectivity index (χ2n) is 5.84. The van der Waals surface area contributed by atoms with Crippen molar-refractivity contribution in [1.82, 2.24) is 10.2 Å². The molecule has 0 aromatic heterocycles. The highest BCUT2D eigenvalue weighted by atomic mass is 35.5. The maximum Gasteiger partial charge on any atom is 0.227 e. The highest BCUT2D eigenvalue weighted by molar-refractivity contribution is 5.85. The molecule has 1 heterocycles. The van der Waals surface area contributed by atoms with Crippen LogP contribution in [0.15, 0.2) is 0 Å². The maximum atomic E-state index is 12.5. The van der Waals surface area contributed by atoms with Crippen LogP contribution < -0.4 is 11.1 Å². The SMILES string of the molecule is CCC(CC)(CN)C(=O)NC(C)C(C)N1CCOCC1.Cl.Cl. The summed E-state index contributed by atoms with van der Waals surface area (Å²) < 4.78 is 5.37. The summed E-state index contributed by atoms with van der Waals surface area (Å²) in [5, 5.41) is 3.17. The highest BCUT2D eigenvalue weighted by Gasteiger charge is 2.35. The molecule has 0 bridgehead atoms. The van der Waals surface area contributed by atoms with E-state index in [0.717, 1.165) is 39.1 Å². The summed E-state index contributed by atoms with van der Waals surface area (Å²) in [7, 11) is 0. The van der Waals surface area contributed by atoms with E-state index in [0.29, 0.717) is 12.6 Å². The van der Waals surface area contributed by atoms with E-state index in [1.165, 1.54) is 0 Å². The van der Waals surface area contributed by atoms with Crippen LogP contribution in [0.2, 0.25) is 0 Å². The van der Waals surface area contributed by atoms with Gasteiger partial charge in [-0.3, -0.25) is 9.69 Å². The van der Waals surface area contributed by atoms with Gasteiger partial charge in [0, 0.05) is 31.7 Å². The molecule has 1 fully saturated rings. The summed E-state index contributed by atoms with van der Waals surface area (Å²) in [5.41, 5.74) is 5.42. The van der Waals surface area contributed by atoms with Crippen LogP contribution in [0.25, 0.3) is 0 Å². The Morgan fingerprint density at radius 1 is 1.23 bits per heavy atom. The molecule has 0 aromatic rings. The number of ether oxygens (including phenoxy) is 1. The smallest absolute Gasteiger partial charge is 0.227 e. The Balaban J connectivity index is 0. The molecule has 1 amide bonds. The van der Waals surface area contributed by atoms with E-state index >= 15 is 0 Å². The number of halogens is 2. The number of carbonyl (C=O) groups is 1. The average Bonchev–Trinajstić information content (AvgIpc) is 2.49. The number of amides is 1. The Labute approximate surface area is 147 Å². The fourth-order valence-electron chi connectivity index (χ4n) is 2.73. The molecule has 0 aromatic carbocycles. The number of nitrogens with one attached hydrogen (secondary N) is 1. The molecular formula is C15H33Cl2N3O2. The van der Waals surface area contributed by atoms with Crippen molar-refractivity contribution in [2.24, 2.45) is 11.1 Å². The lowest BCUT2D eigenvalue weighted by atomic mass is 9.81. The Morgan fingerprint density at radius 2 is 1.73 bits per heavy atom. The number of nitrogens with two attached hydrogens (primary N) is 1. The monoisotopic (exact) mass is 357 g/mol. The van der Waals surface area contributed by atoms with Crippen molar-refractivity contribution >= 4 is 30.7 Å². The molecule has 22 heavy (non-hydrogen) atoms. The van der Waals surface area contributed by atoms with Gasteiger partial charge in [0.15, 0.2) is 0 Å². The summed E-state index contributed by atoms with van der Waals surface area (Å²) in [6.45, 7) is 12.1. The normalized spacial score (nSPS) is 18.6. The van der Waals surface area contributed by atoms with Crippen LogP contribution in [0.3, 0.4) is 0 Å². The summed E-state index contributed by atoms with van der Waals surface area (Å²) >= 11 is 0. The fraction of sp³-hybridized carbons (Fsp3) is 0.933. The molecule has 1 aliphatic rings. The minimum atomic E-state index is -0.418. The molecular weight excluding hydrogens is 325 g/mol. The van der Waals surface area contributed by atoms with Crippen molar-refractivity contribution in [2.75, 3.05) is 32.8 Å². The third-order valence-corrected chi connectivity index (χ3v) is 4.93. The van der Waals surface area contributed by atoms with E-state index in [1.807, 2.05) is 13.8 Å². The minimum Gasteiger partial charge on any atom is -0.379 e. The molecule has 0 aliphatic carbocycles. The number of rotatable bonds is 7. The van der Waals surface area contributed by atoms with Crippen molar-refractivity contribution < 1.29 is 9.53 Å². The molecule has 1 rings (SSSR count). The molecule has 0 spiro atoms.